The van der Waals surface area contributed by atoms with Gasteiger partial charge in [-0.05, 0) is 31.8 Å². The van der Waals surface area contributed by atoms with E-state index in [4.69, 9.17) is 0 Å². The van der Waals surface area contributed by atoms with Gasteiger partial charge in [0, 0.05) is 0 Å². The minimum atomic E-state index is 0.913. The summed E-state index contributed by atoms with van der Waals surface area (Å²) in [5.74, 6) is 0.913. The lowest BCUT2D eigenvalue weighted by Gasteiger charge is -2.11. The van der Waals surface area contributed by atoms with Crippen molar-refractivity contribution in [2.75, 3.05) is 13.1 Å². The molecule has 0 radical (unpaired) electrons. The molecule has 0 aliphatic carbocycles. The van der Waals surface area contributed by atoms with Crippen LogP contribution >= 0.6 is 0 Å². The maximum atomic E-state index is 3.48. The van der Waals surface area contributed by atoms with Gasteiger partial charge in [-0.2, -0.15) is 0 Å². The third kappa shape index (κ3) is 12.0. The van der Waals surface area contributed by atoms with E-state index in [-0.39, 0.29) is 0 Å². The predicted molar refractivity (Wildman–Crippen MR) is 74.9 cm³/mol. The summed E-state index contributed by atoms with van der Waals surface area (Å²) in [4.78, 5) is 0. The van der Waals surface area contributed by atoms with Gasteiger partial charge in [0.15, 0.2) is 0 Å². The molecular formula is C15H33N. The lowest BCUT2D eigenvalue weighted by atomic mass is 9.99. The van der Waals surface area contributed by atoms with Crippen LogP contribution in [0.25, 0.3) is 0 Å². The quantitative estimate of drug-likeness (QED) is 0.474. The van der Waals surface area contributed by atoms with Crippen LogP contribution in [0.1, 0.15) is 78.6 Å². The van der Waals surface area contributed by atoms with Crippen LogP contribution in [0.5, 0.6) is 0 Å². The maximum Gasteiger partial charge on any atom is -0.00464 e. The first-order valence-electron chi connectivity index (χ1n) is 7.52. The molecule has 16 heavy (non-hydrogen) atoms. The van der Waals surface area contributed by atoms with Crippen LogP contribution in [0.2, 0.25) is 0 Å². The molecule has 0 heterocycles. The second kappa shape index (κ2) is 13.0. The molecule has 0 rings (SSSR count). The van der Waals surface area contributed by atoms with Gasteiger partial charge in [0.1, 0.15) is 0 Å². The Balaban J connectivity index is 3.08. The molecule has 1 heteroatoms. The van der Waals surface area contributed by atoms with Crippen molar-refractivity contribution in [2.24, 2.45) is 5.92 Å². The monoisotopic (exact) mass is 227 g/mol. The second-order valence-electron chi connectivity index (χ2n) is 5.20. The van der Waals surface area contributed by atoms with Crippen molar-refractivity contribution in [1.82, 2.24) is 5.32 Å². The standard InChI is InChI=1S/C15H33N/c1-4-6-7-8-9-10-11-15(3)12-14-16-13-5-2/h15-16H,4-14H2,1-3H3. The largest absolute Gasteiger partial charge is 0.317 e. The molecule has 0 bridgehead atoms. The minimum Gasteiger partial charge on any atom is -0.317 e. The van der Waals surface area contributed by atoms with Gasteiger partial charge in [-0.15, -0.1) is 0 Å². The van der Waals surface area contributed by atoms with Crippen molar-refractivity contribution in [3.05, 3.63) is 0 Å². The first-order chi connectivity index (χ1) is 7.81. The van der Waals surface area contributed by atoms with Crippen molar-refractivity contribution in [3.8, 4) is 0 Å². The summed E-state index contributed by atoms with van der Waals surface area (Å²) in [6, 6.07) is 0. The number of nitrogens with one attached hydrogen (secondary N) is 1. The highest BCUT2D eigenvalue weighted by Gasteiger charge is 2.01. The molecule has 0 aromatic carbocycles. The van der Waals surface area contributed by atoms with Gasteiger partial charge in [0.2, 0.25) is 0 Å². The van der Waals surface area contributed by atoms with Crippen molar-refractivity contribution >= 4 is 0 Å². The highest BCUT2D eigenvalue weighted by Crippen LogP contribution is 2.14. The van der Waals surface area contributed by atoms with Crippen molar-refractivity contribution in [1.29, 1.82) is 0 Å². The predicted octanol–water partition coefficient (Wildman–Crippen LogP) is 4.76. The van der Waals surface area contributed by atoms with Crippen molar-refractivity contribution in [2.45, 2.75) is 78.6 Å². The van der Waals surface area contributed by atoms with E-state index in [1.165, 1.54) is 70.9 Å². The molecule has 1 N–H and O–H groups in total. The van der Waals surface area contributed by atoms with Gasteiger partial charge < -0.3 is 5.32 Å². The van der Waals surface area contributed by atoms with Crippen LogP contribution in [0.3, 0.4) is 0 Å². The Morgan fingerprint density at radius 1 is 0.750 bits per heavy atom. The van der Waals surface area contributed by atoms with Gasteiger partial charge in [-0.1, -0.05) is 65.7 Å². The Kier molecular flexibility index (Phi) is 13.0. The molecular weight excluding hydrogens is 194 g/mol. The summed E-state index contributed by atoms with van der Waals surface area (Å²) in [7, 11) is 0. The van der Waals surface area contributed by atoms with Gasteiger partial charge >= 0.3 is 0 Å². The third-order valence-electron chi connectivity index (χ3n) is 3.29. The van der Waals surface area contributed by atoms with E-state index >= 15 is 0 Å². The Morgan fingerprint density at radius 2 is 1.44 bits per heavy atom. The van der Waals surface area contributed by atoms with E-state index in [1.54, 1.807) is 0 Å². The van der Waals surface area contributed by atoms with E-state index in [9.17, 15) is 0 Å². The molecule has 0 saturated carbocycles. The van der Waals surface area contributed by atoms with E-state index in [1.807, 2.05) is 0 Å². The van der Waals surface area contributed by atoms with Crippen molar-refractivity contribution in [3.63, 3.8) is 0 Å². The molecule has 0 aliphatic heterocycles. The molecule has 1 nitrogen and oxygen atoms in total. The number of hydrogen-bond donors (Lipinski definition) is 1. The number of rotatable bonds is 12. The highest BCUT2D eigenvalue weighted by atomic mass is 14.8. The first-order valence-corrected chi connectivity index (χ1v) is 7.52. The zero-order valence-electron chi connectivity index (χ0n) is 11.9. The molecule has 0 aromatic heterocycles. The van der Waals surface area contributed by atoms with Gasteiger partial charge in [-0.3, -0.25) is 0 Å². The lowest BCUT2D eigenvalue weighted by Crippen LogP contribution is -2.18. The average molecular weight is 227 g/mol. The summed E-state index contributed by atoms with van der Waals surface area (Å²) in [5, 5.41) is 3.48. The molecule has 0 aromatic rings. The molecule has 0 aliphatic rings. The number of unbranched alkanes of at least 4 members (excludes halogenated alkanes) is 5. The SMILES string of the molecule is CCCCCCCCC(C)CCNCCC. The Morgan fingerprint density at radius 3 is 2.12 bits per heavy atom. The number of hydrogen-bond acceptors (Lipinski definition) is 1. The van der Waals surface area contributed by atoms with Gasteiger partial charge in [-0.25, -0.2) is 0 Å². The summed E-state index contributed by atoms with van der Waals surface area (Å²) < 4.78 is 0. The van der Waals surface area contributed by atoms with E-state index in [2.05, 4.69) is 26.1 Å². The molecule has 0 amide bonds. The van der Waals surface area contributed by atoms with Gasteiger partial charge in [0.25, 0.3) is 0 Å². The highest BCUT2D eigenvalue weighted by molar-refractivity contribution is 4.56. The summed E-state index contributed by atoms with van der Waals surface area (Å²) in [5.41, 5.74) is 0. The molecule has 1 unspecified atom stereocenters. The average Bonchev–Trinajstić information content (AvgIpc) is 2.29. The normalized spacial score (nSPS) is 12.9. The molecule has 0 fully saturated rings. The van der Waals surface area contributed by atoms with Crippen LogP contribution in [0, 0.1) is 5.92 Å². The van der Waals surface area contributed by atoms with Crippen LogP contribution in [0.4, 0.5) is 0 Å². The fourth-order valence-corrected chi connectivity index (χ4v) is 2.07. The molecule has 0 spiro atoms. The van der Waals surface area contributed by atoms with Crippen LogP contribution in [0.15, 0.2) is 0 Å². The lowest BCUT2D eigenvalue weighted by molar-refractivity contribution is 0.442. The first kappa shape index (κ1) is 16.0. The van der Waals surface area contributed by atoms with E-state index < -0.39 is 0 Å². The maximum absolute atomic E-state index is 3.48. The summed E-state index contributed by atoms with van der Waals surface area (Å²) >= 11 is 0. The minimum absolute atomic E-state index is 0.913. The second-order valence-corrected chi connectivity index (χ2v) is 5.20. The zero-order valence-corrected chi connectivity index (χ0v) is 11.9. The third-order valence-corrected chi connectivity index (χ3v) is 3.29. The topological polar surface area (TPSA) is 12.0 Å². The van der Waals surface area contributed by atoms with E-state index in [0.29, 0.717) is 0 Å². The summed E-state index contributed by atoms with van der Waals surface area (Å²) in [6.45, 7) is 9.31. The van der Waals surface area contributed by atoms with Crippen LogP contribution in [-0.2, 0) is 0 Å². The fourth-order valence-electron chi connectivity index (χ4n) is 2.07. The summed E-state index contributed by atoms with van der Waals surface area (Å²) in [6.07, 6.45) is 12.6. The van der Waals surface area contributed by atoms with Gasteiger partial charge in [0.05, 0.1) is 0 Å². The Bertz CT molecular complexity index is 123. The molecule has 98 valence electrons. The Labute approximate surface area is 103 Å². The van der Waals surface area contributed by atoms with Crippen molar-refractivity contribution < 1.29 is 0 Å². The molecule has 0 saturated heterocycles. The molecule has 1 atom stereocenters. The smallest absolute Gasteiger partial charge is 0.00464 e. The fraction of sp³-hybridized carbons (Fsp3) is 1.00. The Hall–Kier alpha value is -0.0400. The van der Waals surface area contributed by atoms with E-state index in [0.717, 1.165) is 5.92 Å². The van der Waals surface area contributed by atoms with Crippen LogP contribution < -0.4 is 5.32 Å². The van der Waals surface area contributed by atoms with Crippen LogP contribution in [-0.4, -0.2) is 13.1 Å². The zero-order chi connectivity index (χ0) is 12.1.